The summed E-state index contributed by atoms with van der Waals surface area (Å²) in [6.07, 6.45) is 13.6. The minimum Gasteiger partial charge on any atom is -0.463 e. The lowest BCUT2D eigenvalue weighted by Gasteiger charge is -2.13. The van der Waals surface area contributed by atoms with E-state index in [1.165, 1.54) is 44.9 Å². The predicted molar refractivity (Wildman–Crippen MR) is 114 cm³/mol. The minimum atomic E-state index is -0.100. The number of esters is 1. The molecule has 0 radical (unpaired) electrons. The van der Waals surface area contributed by atoms with E-state index in [4.69, 9.17) is 15.2 Å². The Balaban J connectivity index is 1.50. The lowest BCUT2D eigenvalue weighted by molar-refractivity contribution is -0.147. The highest BCUT2D eigenvalue weighted by Crippen LogP contribution is 2.32. The molecule has 28 heavy (non-hydrogen) atoms. The number of carbonyl (C=O) groups is 1. The Bertz CT molecular complexity index is 596. The van der Waals surface area contributed by atoms with Crippen molar-refractivity contribution in [1.29, 1.82) is 0 Å². The first-order chi connectivity index (χ1) is 13.6. The summed E-state index contributed by atoms with van der Waals surface area (Å²) >= 11 is 0. The quantitative estimate of drug-likeness (QED) is 0.319. The van der Waals surface area contributed by atoms with Gasteiger partial charge in [0, 0.05) is 17.8 Å². The van der Waals surface area contributed by atoms with Gasteiger partial charge in [-0.05, 0) is 31.4 Å². The summed E-state index contributed by atoms with van der Waals surface area (Å²) in [5.41, 5.74) is 8.05. The van der Waals surface area contributed by atoms with Crippen molar-refractivity contribution in [2.24, 2.45) is 5.73 Å². The van der Waals surface area contributed by atoms with Crippen molar-refractivity contribution >= 4 is 11.7 Å². The maximum atomic E-state index is 11.9. The van der Waals surface area contributed by atoms with Crippen LogP contribution >= 0.6 is 0 Å². The van der Waals surface area contributed by atoms with Crippen LogP contribution in [0.3, 0.4) is 0 Å². The van der Waals surface area contributed by atoms with Gasteiger partial charge in [-0.2, -0.15) is 0 Å². The van der Waals surface area contributed by atoms with Crippen LogP contribution in [0.25, 0.3) is 5.70 Å². The van der Waals surface area contributed by atoms with Crippen LogP contribution in [0.2, 0.25) is 0 Å². The number of hydrogen-bond acceptors (Lipinski definition) is 4. The van der Waals surface area contributed by atoms with E-state index in [0.29, 0.717) is 18.7 Å². The van der Waals surface area contributed by atoms with Crippen molar-refractivity contribution in [3.63, 3.8) is 0 Å². The summed E-state index contributed by atoms with van der Waals surface area (Å²) in [6.45, 7) is 6.33. The average molecular weight is 391 g/mol. The Labute approximate surface area is 170 Å². The highest BCUT2D eigenvalue weighted by atomic mass is 16.6. The molecular formula is C23H38N2O3. The van der Waals surface area contributed by atoms with Crippen LogP contribution in [0.15, 0.2) is 18.7 Å². The molecule has 1 aromatic rings. The number of rotatable bonds is 14. The summed E-state index contributed by atoms with van der Waals surface area (Å²) in [6, 6.07) is 3.90. The van der Waals surface area contributed by atoms with Gasteiger partial charge in [0.25, 0.3) is 0 Å². The number of unbranched alkanes of at least 4 members (excludes halogenated alkanes) is 8. The molecule has 0 bridgehead atoms. The van der Waals surface area contributed by atoms with E-state index in [0.717, 1.165) is 37.1 Å². The molecule has 1 saturated heterocycles. The SMILES string of the molecule is C=C(N)c1ccc(C2CCC(COC(=O)CCCCCCCCCCC)O2)[nH]1. The zero-order chi connectivity index (χ0) is 20.2. The van der Waals surface area contributed by atoms with Crippen molar-refractivity contribution in [3.8, 4) is 0 Å². The van der Waals surface area contributed by atoms with Crippen LogP contribution in [0.4, 0.5) is 0 Å². The highest BCUT2D eigenvalue weighted by molar-refractivity contribution is 5.69. The monoisotopic (exact) mass is 390 g/mol. The van der Waals surface area contributed by atoms with Crippen molar-refractivity contribution in [1.82, 2.24) is 4.98 Å². The Kier molecular flexibility index (Phi) is 10.2. The van der Waals surface area contributed by atoms with Crippen LogP contribution in [-0.4, -0.2) is 23.7 Å². The first-order valence-electron chi connectivity index (χ1n) is 11.0. The largest absolute Gasteiger partial charge is 0.463 e. The van der Waals surface area contributed by atoms with E-state index < -0.39 is 0 Å². The van der Waals surface area contributed by atoms with Crippen LogP contribution in [0.1, 0.15) is 101 Å². The zero-order valence-electron chi connectivity index (χ0n) is 17.5. The number of aromatic nitrogens is 1. The van der Waals surface area contributed by atoms with Crippen LogP contribution in [0.5, 0.6) is 0 Å². The molecule has 2 atom stereocenters. The predicted octanol–water partition coefficient (Wildman–Crippen LogP) is 5.63. The Morgan fingerprint density at radius 3 is 2.46 bits per heavy atom. The minimum absolute atomic E-state index is 0.00845. The summed E-state index contributed by atoms with van der Waals surface area (Å²) in [5, 5.41) is 0. The van der Waals surface area contributed by atoms with E-state index in [-0.39, 0.29) is 18.2 Å². The molecule has 1 aromatic heterocycles. The molecule has 0 spiro atoms. The van der Waals surface area contributed by atoms with Crippen molar-refractivity contribution in [2.75, 3.05) is 6.61 Å². The van der Waals surface area contributed by atoms with Crippen LogP contribution in [-0.2, 0) is 14.3 Å². The number of ether oxygens (including phenoxy) is 2. The fraction of sp³-hybridized carbons (Fsp3) is 0.696. The summed E-state index contributed by atoms with van der Waals surface area (Å²) < 4.78 is 11.4. The van der Waals surface area contributed by atoms with Gasteiger partial charge in [-0.25, -0.2) is 0 Å². The number of nitrogens with two attached hydrogens (primary N) is 1. The second-order valence-electron chi connectivity index (χ2n) is 7.94. The highest BCUT2D eigenvalue weighted by Gasteiger charge is 2.28. The van der Waals surface area contributed by atoms with Crippen LogP contribution in [0, 0.1) is 0 Å². The number of carbonyl (C=O) groups excluding carboxylic acids is 1. The Morgan fingerprint density at radius 2 is 1.82 bits per heavy atom. The van der Waals surface area contributed by atoms with Crippen molar-refractivity contribution < 1.29 is 14.3 Å². The molecule has 2 unspecified atom stereocenters. The molecule has 1 aliphatic heterocycles. The van der Waals surface area contributed by atoms with Crippen molar-refractivity contribution in [3.05, 3.63) is 30.1 Å². The molecular weight excluding hydrogens is 352 g/mol. The molecule has 2 heterocycles. The van der Waals surface area contributed by atoms with Gasteiger partial charge >= 0.3 is 5.97 Å². The van der Waals surface area contributed by atoms with Gasteiger partial charge in [0.1, 0.15) is 6.61 Å². The third-order valence-electron chi connectivity index (χ3n) is 5.42. The second kappa shape index (κ2) is 12.7. The van der Waals surface area contributed by atoms with E-state index in [2.05, 4.69) is 18.5 Å². The fourth-order valence-corrected chi connectivity index (χ4v) is 3.68. The normalized spacial score (nSPS) is 19.0. The number of H-pyrrole nitrogens is 1. The molecule has 3 N–H and O–H groups in total. The Hall–Kier alpha value is -1.75. The van der Waals surface area contributed by atoms with Crippen molar-refractivity contribution in [2.45, 2.75) is 96.2 Å². The van der Waals surface area contributed by atoms with Gasteiger partial charge < -0.3 is 20.2 Å². The molecule has 5 heteroatoms. The lowest BCUT2D eigenvalue weighted by atomic mass is 10.1. The third kappa shape index (κ3) is 8.09. The lowest BCUT2D eigenvalue weighted by Crippen LogP contribution is -2.18. The molecule has 1 aliphatic rings. The van der Waals surface area contributed by atoms with E-state index in [1.807, 2.05) is 12.1 Å². The Morgan fingerprint density at radius 1 is 1.14 bits per heavy atom. The maximum absolute atomic E-state index is 11.9. The van der Waals surface area contributed by atoms with Crippen LogP contribution < -0.4 is 5.73 Å². The standard InChI is InChI=1S/C23H38N2O3/c1-3-4-5-6-7-8-9-10-11-12-23(26)27-17-19-13-16-22(28-19)21-15-14-20(25-21)18(2)24/h14-15,19,22,25H,2-13,16-17,24H2,1H3. The molecule has 0 amide bonds. The van der Waals surface area contributed by atoms with E-state index >= 15 is 0 Å². The van der Waals surface area contributed by atoms with E-state index in [1.54, 1.807) is 0 Å². The third-order valence-corrected chi connectivity index (χ3v) is 5.42. The molecule has 0 aliphatic carbocycles. The average Bonchev–Trinajstić information content (AvgIpc) is 3.34. The smallest absolute Gasteiger partial charge is 0.305 e. The number of hydrogen-bond donors (Lipinski definition) is 2. The van der Waals surface area contributed by atoms with Gasteiger partial charge in [-0.1, -0.05) is 64.9 Å². The maximum Gasteiger partial charge on any atom is 0.305 e. The second-order valence-corrected chi connectivity index (χ2v) is 7.94. The topological polar surface area (TPSA) is 77.3 Å². The summed E-state index contributed by atoms with van der Waals surface area (Å²) in [7, 11) is 0. The number of nitrogens with one attached hydrogen (secondary N) is 1. The van der Waals surface area contributed by atoms with Gasteiger partial charge in [-0.15, -0.1) is 0 Å². The van der Waals surface area contributed by atoms with Gasteiger partial charge in [-0.3, -0.25) is 4.79 Å². The van der Waals surface area contributed by atoms with Gasteiger partial charge in [0.2, 0.25) is 0 Å². The molecule has 1 fully saturated rings. The summed E-state index contributed by atoms with van der Waals surface area (Å²) in [5.74, 6) is -0.100. The fourth-order valence-electron chi connectivity index (χ4n) is 3.68. The van der Waals surface area contributed by atoms with E-state index in [9.17, 15) is 4.79 Å². The first-order valence-corrected chi connectivity index (χ1v) is 11.0. The number of aromatic amines is 1. The van der Waals surface area contributed by atoms with Gasteiger partial charge in [0.05, 0.1) is 17.9 Å². The molecule has 2 rings (SSSR count). The molecule has 158 valence electrons. The van der Waals surface area contributed by atoms with Gasteiger partial charge in [0.15, 0.2) is 0 Å². The molecule has 5 nitrogen and oxygen atoms in total. The first kappa shape index (κ1) is 22.5. The summed E-state index contributed by atoms with van der Waals surface area (Å²) in [4.78, 5) is 15.2. The molecule has 0 saturated carbocycles. The zero-order valence-corrected chi connectivity index (χ0v) is 17.5. The molecule has 0 aromatic carbocycles.